The second kappa shape index (κ2) is 5.23. The van der Waals surface area contributed by atoms with Crippen molar-refractivity contribution < 1.29 is 0 Å². The van der Waals surface area contributed by atoms with Gasteiger partial charge < -0.3 is 0 Å². The van der Waals surface area contributed by atoms with Crippen LogP contribution in [0.5, 0.6) is 0 Å². The molecule has 15 heavy (non-hydrogen) atoms. The van der Waals surface area contributed by atoms with Gasteiger partial charge in [-0.25, -0.2) is 0 Å². The van der Waals surface area contributed by atoms with Crippen LogP contribution in [0.4, 0.5) is 0 Å². The van der Waals surface area contributed by atoms with Crippen molar-refractivity contribution in [2.24, 2.45) is 11.8 Å². The van der Waals surface area contributed by atoms with Crippen molar-refractivity contribution in [2.75, 3.05) is 0 Å². The molecular weight excluding hydrogens is 190 g/mol. The van der Waals surface area contributed by atoms with E-state index in [0.29, 0.717) is 5.92 Å². The highest BCUT2D eigenvalue weighted by atomic mass is 15.3. The van der Waals surface area contributed by atoms with Crippen LogP contribution in [0.3, 0.4) is 0 Å². The molecule has 1 aliphatic carbocycles. The van der Waals surface area contributed by atoms with Gasteiger partial charge in [-0.15, -0.1) is 0 Å². The largest absolute Gasteiger partial charge is 0.271 e. The standard InChI is InChI=1S/C10H19N5/c11-13-10(9-7-12-15-14-9)8-5-3-1-2-4-6-8/h7-8,10,13H,1-6,11H2,(H,12,14,15). The molecule has 84 valence electrons. The molecule has 1 saturated carbocycles. The molecule has 0 aromatic carbocycles. The topological polar surface area (TPSA) is 79.6 Å². The Labute approximate surface area is 89.8 Å². The molecule has 1 unspecified atom stereocenters. The number of nitrogens with two attached hydrogens (primary N) is 1. The number of aromatic nitrogens is 3. The lowest BCUT2D eigenvalue weighted by molar-refractivity contribution is 0.323. The minimum atomic E-state index is 0.154. The number of nitrogens with zero attached hydrogens (tertiary/aromatic N) is 2. The molecule has 1 aromatic rings. The fraction of sp³-hybridized carbons (Fsp3) is 0.800. The van der Waals surface area contributed by atoms with Crippen LogP contribution in [0.1, 0.15) is 50.3 Å². The first-order valence-electron chi connectivity index (χ1n) is 5.73. The summed E-state index contributed by atoms with van der Waals surface area (Å²) in [6, 6.07) is 0.154. The molecular formula is C10H19N5. The van der Waals surface area contributed by atoms with Crippen molar-refractivity contribution in [1.29, 1.82) is 0 Å². The Bertz CT molecular complexity index is 263. The fourth-order valence-corrected chi connectivity index (χ4v) is 2.47. The Morgan fingerprint density at radius 3 is 2.60 bits per heavy atom. The van der Waals surface area contributed by atoms with Crippen LogP contribution in [0.25, 0.3) is 0 Å². The maximum Gasteiger partial charge on any atom is 0.101 e. The summed E-state index contributed by atoms with van der Waals surface area (Å²) in [5, 5.41) is 10.6. The van der Waals surface area contributed by atoms with Gasteiger partial charge in [-0.1, -0.05) is 25.7 Å². The van der Waals surface area contributed by atoms with Gasteiger partial charge in [-0.3, -0.25) is 11.3 Å². The molecule has 0 saturated heterocycles. The molecule has 0 aliphatic heterocycles. The molecule has 5 nitrogen and oxygen atoms in total. The average Bonchev–Trinajstić information content (AvgIpc) is 2.63. The first-order chi connectivity index (χ1) is 7.42. The molecule has 1 fully saturated rings. The number of rotatable bonds is 3. The van der Waals surface area contributed by atoms with E-state index < -0.39 is 0 Å². The van der Waals surface area contributed by atoms with Gasteiger partial charge in [0.25, 0.3) is 0 Å². The van der Waals surface area contributed by atoms with Crippen molar-refractivity contribution in [1.82, 2.24) is 20.8 Å². The molecule has 0 amide bonds. The predicted molar refractivity (Wildman–Crippen MR) is 57.6 cm³/mol. The van der Waals surface area contributed by atoms with E-state index in [1.165, 1.54) is 38.5 Å². The molecule has 5 heteroatoms. The summed E-state index contributed by atoms with van der Waals surface area (Å²) in [7, 11) is 0. The van der Waals surface area contributed by atoms with Gasteiger partial charge >= 0.3 is 0 Å². The maximum atomic E-state index is 5.61. The highest BCUT2D eigenvalue weighted by molar-refractivity contribution is 5.01. The minimum absolute atomic E-state index is 0.154. The van der Waals surface area contributed by atoms with Gasteiger partial charge in [0.15, 0.2) is 0 Å². The maximum absolute atomic E-state index is 5.61. The number of hydrogen-bond acceptors (Lipinski definition) is 4. The zero-order valence-corrected chi connectivity index (χ0v) is 8.95. The molecule has 4 N–H and O–H groups in total. The van der Waals surface area contributed by atoms with E-state index in [-0.39, 0.29) is 6.04 Å². The van der Waals surface area contributed by atoms with Gasteiger partial charge in [0.2, 0.25) is 0 Å². The smallest absolute Gasteiger partial charge is 0.101 e. The van der Waals surface area contributed by atoms with Crippen LogP contribution in [0, 0.1) is 5.92 Å². The van der Waals surface area contributed by atoms with Crippen molar-refractivity contribution in [3.8, 4) is 0 Å². The predicted octanol–water partition coefficient (Wildman–Crippen LogP) is 1.28. The van der Waals surface area contributed by atoms with E-state index in [9.17, 15) is 0 Å². The molecule has 1 aliphatic rings. The Kier molecular flexibility index (Phi) is 3.69. The lowest BCUT2D eigenvalue weighted by atomic mass is 9.90. The SMILES string of the molecule is NNC(c1cn[nH]n1)C1CCCCCC1. The number of aromatic amines is 1. The van der Waals surface area contributed by atoms with E-state index in [2.05, 4.69) is 20.8 Å². The van der Waals surface area contributed by atoms with Crippen molar-refractivity contribution in [3.05, 3.63) is 11.9 Å². The Morgan fingerprint density at radius 2 is 2.07 bits per heavy atom. The summed E-state index contributed by atoms with van der Waals surface area (Å²) >= 11 is 0. The molecule has 0 spiro atoms. The quantitative estimate of drug-likeness (QED) is 0.398. The highest BCUT2D eigenvalue weighted by Crippen LogP contribution is 2.31. The Balaban J connectivity index is 2.04. The molecule has 2 rings (SSSR count). The van der Waals surface area contributed by atoms with Crippen LogP contribution >= 0.6 is 0 Å². The second-order valence-electron chi connectivity index (χ2n) is 4.29. The highest BCUT2D eigenvalue weighted by Gasteiger charge is 2.24. The fourth-order valence-electron chi connectivity index (χ4n) is 2.47. The average molecular weight is 209 g/mol. The number of hydrazine groups is 1. The summed E-state index contributed by atoms with van der Waals surface area (Å²) in [6.45, 7) is 0. The third-order valence-corrected chi connectivity index (χ3v) is 3.30. The van der Waals surface area contributed by atoms with Crippen LogP contribution in [-0.4, -0.2) is 15.4 Å². The van der Waals surface area contributed by atoms with Crippen LogP contribution in [0.2, 0.25) is 0 Å². The lowest BCUT2D eigenvalue weighted by Crippen LogP contribution is -2.33. The Hall–Kier alpha value is -0.940. The van der Waals surface area contributed by atoms with Crippen molar-refractivity contribution >= 4 is 0 Å². The zero-order valence-electron chi connectivity index (χ0n) is 8.95. The third-order valence-electron chi connectivity index (χ3n) is 3.30. The van der Waals surface area contributed by atoms with Crippen LogP contribution in [-0.2, 0) is 0 Å². The molecule has 1 atom stereocenters. The van der Waals surface area contributed by atoms with Crippen molar-refractivity contribution in [2.45, 2.75) is 44.6 Å². The summed E-state index contributed by atoms with van der Waals surface area (Å²) in [4.78, 5) is 0. The normalized spacial score (nSPS) is 21.1. The Morgan fingerprint density at radius 1 is 1.33 bits per heavy atom. The van der Waals surface area contributed by atoms with E-state index in [1.54, 1.807) is 6.20 Å². The second-order valence-corrected chi connectivity index (χ2v) is 4.29. The summed E-state index contributed by atoms with van der Waals surface area (Å²) in [6.07, 6.45) is 9.56. The first kappa shape index (κ1) is 10.6. The van der Waals surface area contributed by atoms with Crippen molar-refractivity contribution in [3.63, 3.8) is 0 Å². The van der Waals surface area contributed by atoms with E-state index >= 15 is 0 Å². The zero-order chi connectivity index (χ0) is 10.5. The summed E-state index contributed by atoms with van der Waals surface area (Å²) in [5.41, 5.74) is 3.81. The molecule has 0 radical (unpaired) electrons. The van der Waals surface area contributed by atoms with Crippen LogP contribution in [0.15, 0.2) is 6.20 Å². The summed E-state index contributed by atoms with van der Waals surface area (Å²) in [5.74, 6) is 6.21. The van der Waals surface area contributed by atoms with Crippen LogP contribution < -0.4 is 11.3 Å². The van der Waals surface area contributed by atoms with Gasteiger partial charge in [0.05, 0.1) is 12.2 Å². The van der Waals surface area contributed by atoms with E-state index in [1.807, 2.05) is 0 Å². The lowest BCUT2D eigenvalue weighted by Gasteiger charge is -2.23. The molecule has 1 aromatic heterocycles. The van der Waals surface area contributed by atoms with E-state index in [0.717, 1.165) is 5.69 Å². The molecule has 1 heterocycles. The van der Waals surface area contributed by atoms with Gasteiger partial charge in [-0.05, 0) is 18.8 Å². The van der Waals surface area contributed by atoms with Gasteiger partial charge in [0, 0.05) is 0 Å². The van der Waals surface area contributed by atoms with Gasteiger partial charge in [-0.2, -0.15) is 15.4 Å². The minimum Gasteiger partial charge on any atom is -0.271 e. The molecule has 0 bridgehead atoms. The number of nitrogens with one attached hydrogen (secondary N) is 2. The summed E-state index contributed by atoms with van der Waals surface area (Å²) < 4.78 is 0. The third kappa shape index (κ3) is 2.54. The first-order valence-corrected chi connectivity index (χ1v) is 5.73. The monoisotopic (exact) mass is 209 g/mol. The van der Waals surface area contributed by atoms with Gasteiger partial charge in [0.1, 0.15) is 5.69 Å². The van der Waals surface area contributed by atoms with E-state index in [4.69, 9.17) is 5.84 Å². The number of hydrogen-bond donors (Lipinski definition) is 3. The number of H-pyrrole nitrogens is 1.